The quantitative estimate of drug-likeness (QED) is 0.814. The highest BCUT2D eigenvalue weighted by atomic mass is 35.5. The van der Waals surface area contributed by atoms with Crippen LogP contribution in [0.5, 0.6) is 0 Å². The van der Waals surface area contributed by atoms with E-state index in [1.165, 1.54) is 12.1 Å². The fourth-order valence-electron chi connectivity index (χ4n) is 2.55. The fourth-order valence-corrected chi connectivity index (χ4v) is 3.07. The molecule has 0 radical (unpaired) electrons. The van der Waals surface area contributed by atoms with Gasteiger partial charge in [0, 0.05) is 11.1 Å². The van der Waals surface area contributed by atoms with Crippen molar-refractivity contribution in [3.63, 3.8) is 0 Å². The maximum atomic E-state index is 13.4. The maximum Gasteiger partial charge on any atom is 0.142 e. The predicted molar refractivity (Wildman–Crippen MR) is 70.4 cm³/mol. The Kier molecular flexibility index (Phi) is 3.96. The van der Waals surface area contributed by atoms with Gasteiger partial charge in [0.25, 0.3) is 0 Å². The first-order chi connectivity index (χ1) is 8.04. The van der Waals surface area contributed by atoms with Gasteiger partial charge in [0.2, 0.25) is 0 Å². The van der Waals surface area contributed by atoms with Gasteiger partial charge in [-0.2, -0.15) is 0 Å². The van der Waals surface area contributed by atoms with Crippen LogP contribution in [0.25, 0.3) is 0 Å². The zero-order valence-electron chi connectivity index (χ0n) is 9.93. The van der Waals surface area contributed by atoms with Crippen molar-refractivity contribution in [2.45, 2.75) is 32.2 Å². The Labute approximate surface area is 111 Å². The average Bonchev–Trinajstić information content (AvgIpc) is 2.29. The van der Waals surface area contributed by atoms with Gasteiger partial charge in [0.05, 0.1) is 5.02 Å². The molecule has 1 aromatic carbocycles. The topological polar surface area (TPSA) is 12.0 Å². The molecule has 0 bridgehead atoms. The maximum absolute atomic E-state index is 13.4. The lowest BCUT2D eigenvalue weighted by molar-refractivity contribution is 0.187. The molecule has 1 fully saturated rings. The fraction of sp³-hybridized carbons (Fsp3) is 0.538. The Morgan fingerprint density at radius 3 is 2.65 bits per heavy atom. The Balaban J connectivity index is 2.17. The van der Waals surface area contributed by atoms with Gasteiger partial charge in [0.1, 0.15) is 5.82 Å². The van der Waals surface area contributed by atoms with Crippen molar-refractivity contribution in [2.75, 3.05) is 6.54 Å². The van der Waals surface area contributed by atoms with Crippen LogP contribution in [-0.2, 0) is 0 Å². The van der Waals surface area contributed by atoms with Gasteiger partial charge in [-0.05, 0) is 42.5 Å². The molecule has 0 spiro atoms. The number of hydrogen-bond acceptors (Lipinski definition) is 1. The standard InChI is InChI=1S/C13H16Cl2FN/c1-3-17-13-5-8(7(13)2)9-4-12(16)11(15)6-10(9)14/h4,6-8,13,17H,3,5H2,1-2H3. The number of halogens is 3. The molecule has 0 aromatic heterocycles. The molecule has 1 aromatic rings. The molecule has 1 nitrogen and oxygen atoms in total. The molecule has 2 rings (SSSR count). The van der Waals surface area contributed by atoms with Crippen LogP contribution < -0.4 is 5.32 Å². The third-order valence-corrected chi connectivity index (χ3v) is 4.30. The van der Waals surface area contributed by atoms with Gasteiger partial charge >= 0.3 is 0 Å². The largest absolute Gasteiger partial charge is 0.314 e. The van der Waals surface area contributed by atoms with Crippen LogP contribution >= 0.6 is 23.2 Å². The zero-order valence-corrected chi connectivity index (χ0v) is 11.4. The minimum absolute atomic E-state index is 0.0916. The van der Waals surface area contributed by atoms with E-state index < -0.39 is 0 Å². The van der Waals surface area contributed by atoms with Crippen LogP contribution in [0.3, 0.4) is 0 Å². The molecule has 3 unspecified atom stereocenters. The minimum Gasteiger partial charge on any atom is -0.314 e. The van der Waals surface area contributed by atoms with E-state index in [4.69, 9.17) is 23.2 Å². The predicted octanol–water partition coefficient (Wildman–Crippen LogP) is 4.23. The highest BCUT2D eigenvalue weighted by molar-refractivity contribution is 6.35. The van der Waals surface area contributed by atoms with Gasteiger partial charge < -0.3 is 5.32 Å². The summed E-state index contributed by atoms with van der Waals surface area (Å²) in [4.78, 5) is 0. The van der Waals surface area contributed by atoms with Gasteiger partial charge in [-0.3, -0.25) is 0 Å². The van der Waals surface area contributed by atoms with Gasteiger partial charge in [0.15, 0.2) is 0 Å². The second-order valence-corrected chi connectivity index (χ2v) is 5.47. The van der Waals surface area contributed by atoms with E-state index in [1.54, 1.807) is 0 Å². The van der Waals surface area contributed by atoms with E-state index in [-0.39, 0.29) is 10.8 Å². The smallest absolute Gasteiger partial charge is 0.142 e. The summed E-state index contributed by atoms with van der Waals surface area (Å²) < 4.78 is 13.4. The molecule has 0 aliphatic heterocycles. The van der Waals surface area contributed by atoms with Crippen LogP contribution in [-0.4, -0.2) is 12.6 Å². The molecular formula is C13H16Cl2FN. The van der Waals surface area contributed by atoms with Crippen LogP contribution in [0.15, 0.2) is 12.1 Å². The summed E-state index contributed by atoms with van der Waals surface area (Å²) >= 11 is 11.8. The van der Waals surface area contributed by atoms with Crippen molar-refractivity contribution in [1.29, 1.82) is 0 Å². The highest BCUT2D eigenvalue weighted by Crippen LogP contribution is 2.45. The number of rotatable bonds is 3. The van der Waals surface area contributed by atoms with E-state index in [0.717, 1.165) is 18.5 Å². The lowest BCUT2D eigenvalue weighted by atomic mass is 9.67. The Morgan fingerprint density at radius 1 is 1.35 bits per heavy atom. The van der Waals surface area contributed by atoms with Crippen molar-refractivity contribution in [3.8, 4) is 0 Å². The molecule has 94 valence electrons. The molecule has 1 saturated carbocycles. The van der Waals surface area contributed by atoms with Crippen LogP contribution in [0.1, 0.15) is 31.7 Å². The summed E-state index contributed by atoms with van der Waals surface area (Å²) in [5, 5.41) is 4.08. The molecule has 0 amide bonds. The SMILES string of the molecule is CCNC1CC(c2cc(F)c(Cl)cc2Cl)C1C. The molecular weight excluding hydrogens is 260 g/mol. The summed E-state index contributed by atoms with van der Waals surface area (Å²) in [5.41, 5.74) is 0.884. The second-order valence-electron chi connectivity index (χ2n) is 4.65. The normalized spacial score (nSPS) is 27.9. The Hall–Kier alpha value is -0.310. The summed E-state index contributed by atoms with van der Waals surface area (Å²) in [5.74, 6) is 0.427. The van der Waals surface area contributed by atoms with Gasteiger partial charge in [-0.15, -0.1) is 0 Å². The van der Waals surface area contributed by atoms with E-state index in [1.807, 2.05) is 0 Å². The summed E-state index contributed by atoms with van der Waals surface area (Å²) in [6, 6.07) is 3.49. The van der Waals surface area contributed by atoms with Crippen LogP contribution in [0.4, 0.5) is 4.39 Å². The first-order valence-corrected chi connectivity index (χ1v) is 6.68. The Bertz CT molecular complexity index is 422. The zero-order chi connectivity index (χ0) is 12.6. The summed E-state index contributed by atoms with van der Waals surface area (Å²) in [6.45, 7) is 5.23. The lowest BCUT2D eigenvalue weighted by Gasteiger charge is -2.44. The van der Waals surface area contributed by atoms with Gasteiger partial charge in [-0.1, -0.05) is 37.0 Å². The van der Waals surface area contributed by atoms with Crippen LogP contribution in [0, 0.1) is 11.7 Å². The third kappa shape index (κ3) is 2.44. The third-order valence-electron chi connectivity index (χ3n) is 3.68. The van der Waals surface area contributed by atoms with Crippen molar-refractivity contribution < 1.29 is 4.39 Å². The summed E-state index contributed by atoms with van der Waals surface area (Å²) in [7, 11) is 0. The average molecular weight is 276 g/mol. The highest BCUT2D eigenvalue weighted by Gasteiger charge is 2.39. The Morgan fingerprint density at radius 2 is 2.06 bits per heavy atom. The number of benzene rings is 1. The molecule has 3 atom stereocenters. The molecule has 4 heteroatoms. The van der Waals surface area contributed by atoms with Crippen molar-refractivity contribution >= 4 is 23.2 Å². The first kappa shape index (κ1) is 13.1. The van der Waals surface area contributed by atoms with E-state index in [9.17, 15) is 4.39 Å². The molecule has 1 aliphatic carbocycles. The van der Waals surface area contributed by atoms with Crippen LogP contribution in [0.2, 0.25) is 10.0 Å². The minimum atomic E-state index is -0.384. The second kappa shape index (κ2) is 5.13. The van der Waals surface area contributed by atoms with E-state index in [2.05, 4.69) is 19.2 Å². The summed E-state index contributed by atoms with van der Waals surface area (Å²) in [6.07, 6.45) is 1.01. The molecule has 0 heterocycles. The molecule has 0 saturated heterocycles. The van der Waals surface area contributed by atoms with Crippen molar-refractivity contribution in [3.05, 3.63) is 33.6 Å². The van der Waals surface area contributed by atoms with E-state index in [0.29, 0.717) is 22.9 Å². The van der Waals surface area contributed by atoms with E-state index >= 15 is 0 Å². The monoisotopic (exact) mass is 275 g/mol. The van der Waals surface area contributed by atoms with Gasteiger partial charge in [-0.25, -0.2) is 4.39 Å². The first-order valence-electron chi connectivity index (χ1n) is 5.92. The molecule has 17 heavy (non-hydrogen) atoms. The molecule has 1 aliphatic rings. The number of nitrogens with one attached hydrogen (secondary N) is 1. The molecule has 1 N–H and O–H groups in total. The van der Waals surface area contributed by atoms with Crippen molar-refractivity contribution in [2.24, 2.45) is 5.92 Å². The van der Waals surface area contributed by atoms with Crippen molar-refractivity contribution in [1.82, 2.24) is 5.32 Å². The number of hydrogen-bond donors (Lipinski definition) is 1. The lowest BCUT2D eigenvalue weighted by Crippen LogP contribution is -2.47.